The lowest BCUT2D eigenvalue weighted by atomic mass is 10.1. The standard InChI is InChI=1S/C16H18N2O2S/c1-19-8-6-18-11-13-4-5-16(14(9-13)10-17)21-12-15-3-2-7-20-15/h2-5,7,9,18H,6,8,11-12H2,1H3. The number of nitriles is 1. The largest absolute Gasteiger partial charge is 0.468 e. The van der Waals surface area contributed by atoms with Gasteiger partial charge in [-0.2, -0.15) is 5.26 Å². The van der Waals surface area contributed by atoms with Gasteiger partial charge in [-0.3, -0.25) is 0 Å². The summed E-state index contributed by atoms with van der Waals surface area (Å²) in [6.45, 7) is 2.22. The molecule has 0 saturated carbocycles. The Hall–Kier alpha value is -1.74. The Balaban J connectivity index is 1.94. The molecule has 21 heavy (non-hydrogen) atoms. The zero-order valence-corrected chi connectivity index (χ0v) is 12.8. The number of nitrogens with zero attached hydrogens (tertiary/aromatic N) is 1. The molecule has 2 rings (SSSR count). The van der Waals surface area contributed by atoms with Gasteiger partial charge in [-0.1, -0.05) is 6.07 Å². The molecule has 0 amide bonds. The van der Waals surface area contributed by atoms with E-state index in [2.05, 4.69) is 11.4 Å². The number of rotatable bonds is 8. The molecular formula is C16H18N2O2S. The Morgan fingerprint density at radius 2 is 2.29 bits per heavy atom. The van der Waals surface area contributed by atoms with E-state index in [4.69, 9.17) is 9.15 Å². The fourth-order valence-corrected chi connectivity index (χ4v) is 2.74. The van der Waals surface area contributed by atoms with Crippen molar-refractivity contribution in [2.24, 2.45) is 0 Å². The quantitative estimate of drug-likeness (QED) is 0.599. The zero-order valence-electron chi connectivity index (χ0n) is 12.0. The molecule has 0 spiro atoms. The van der Waals surface area contributed by atoms with Gasteiger partial charge < -0.3 is 14.5 Å². The van der Waals surface area contributed by atoms with Crippen LogP contribution < -0.4 is 5.32 Å². The van der Waals surface area contributed by atoms with Gasteiger partial charge in [0, 0.05) is 25.1 Å². The first-order chi connectivity index (χ1) is 10.3. The molecule has 1 N–H and O–H groups in total. The van der Waals surface area contributed by atoms with Crippen LogP contribution in [0.1, 0.15) is 16.9 Å². The van der Waals surface area contributed by atoms with Gasteiger partial charge in [-0.25, -0.2) is 0 Å². The van der Waals surface area contributed by atoms with Crippen molar-refractivity contribution >= 4 is 11.8 Å². The third-order valence-corrected chi connectivity index (χ3v) is 4.02. The van der Waals surface area contributed by atoms with Crippen molar-refractivity contribution < 1.29 is 9.15 Å². The molecule has 0 bridgehead atoms. The van der Waals surface area contributed by atoms with Crippen LogP contribution in [0.4, 0.5) is 0 Å². The van der Waals surface area contributed by atoms with Crippen LogP contribution in [0.25, 0.3) is 0 Å². The maximum atomic E-state index is 9.28. The monoisotopic (exact) mass is 302 g/mol. The second kappa shape index (κ2) is 8.53. The summed E-state index contributed by atoms with van der Waals surface area (Å²) in [5.41, 5.74) is 1.81. The summed E-state index contributed by atoms with van der Waals surface area (Å²) < 4.78 is 10.3. The Morgan fingerprint density at radius 1 is 1.38 bits per heavy atom. The topological polar surface area (TPSA) is 58.2 Å². The smallest absolute Gasteiger partial charge is 0.113 e. The number of furan rings is 1. The summed E-state index contributed by atoms with van der Waals surface area (Å²) in [5, 5.41) is 12.6. The van der Waals surface area contributed by atoms with E-state index in [9.17, 15) is 5.26 Å². The fourth-order valence-electron chi connectivity index (χ4n) is 1.85. The van der Waals surface area contributed by atoms with Gasteiger partial charge in [-0.05, 0) is 29.8 Å². The van der Waals surface area contributed by atoms with Gasteiger partial charge >= 0.3 is 0 Å². The van der Waals surface area contributed by atoms with Crippen molar-refractivity contribution in [3.05, 3.63) is 53.5 Å². The molecule has 1 aromatic heterocycles. The molecule has 0 radical (unpaired) electrons. The molecule has 0 saturated heterocycles. The lowest BCUT2D eigenvalue weighted by Gasteiger charge is -2.07. The van der Waals surface area contributed by atoms with Crippen molar-refractivity contribution in [1.29, 1.82) is 5.26 Å². The predicted octanol–water partition coefficient (Wildman–Crippen LogP) is 3.18. The maximum absolute atomic E-state index is 9.28. The van der Waals surface area contributed by atoms with Gasteiger partial charge in [0.1, 0.15) is 11.8 Å². The Kier molecular flexibility index (Phi) is 6.35. The van der Waals surface area contributed by atoms with Crippen LogP contribution in [0.15, 0.2) is 45.9 Å². The lowest BCUT2D eigenvalue weighted by molar-refractivity contribution is 0.199. The summed E-state index contributed by atoms with van der Waals surface area (Å²) in [4.78, 5) is 0.981. The summed E-state index contributed by atoms with van der Waals surface area (Å²) in [6, 6.07) is 12.1. The molecule has 1 heterocycles. The Morgan fingerprint density at radius 3 is 3.00 bits per heavy atom. The van der Waals surface area contributed by atoms with Crippen molar-refractivity contribution in [3.8, 4) is 6.07 Å². The van der Waals surface area contributed by atoms with Crippen molar-refractivity contribution in [2.45, 2.75) is 17.2 Å². The molecule has 0 fully saturated rings. The second-order valence-electron chi connectivity index (χ2n) is 4.48. The highest BCUT2D eigenvalue weighted by molar-refractivity contribution is 7.98. The van der Waals surface area contributed by atoms with E-state index in [1.807, 2.05) is 30.3 Å². The molecule has 0 unspecified atom stereocenters. The van der Waals surface area contributed by atoms with Gasteiger partial charge in [0.15, 0.2) is 0 Å². The highest BCUT2D eigenvalue weighted by Gasteiger charge is 2.06. The van der Waals surface area contributed by atoms with Crippen LogP contribution >= 0.6 is 11.8 Å². The summed E-state index contributed by atoms with van der Waals surface area (Å²) in [6.07, 6.45) is 1.66. The molecule has 2 aromatic rings. The minimum absolute atomic E-state index is 0.683. The van der Waals surface area contributed by atoms with E-state index in [0.717, 1.165) is 35.1 Å². The van der Waals surface area contributed by atoms with Gasteiger partial charge in [0.05, 0.1) is 24.2 Å². The molecule has 1 aromatic carbocycles. The minimum atomic E-state index is 0.683. The van der Waals surface area contributed by atoms with Crippen LogP contribution in [0.2, 0.25) is 0 Å². The predicted molar refractivity (Wildman–Crippen MR) is 83.0 cm³/mol. The first kappa shape index (κ1) is 15.6. The van der Waals surface area contributed by atoms with E-state index in [-0.39, 0.29) is 0 Å². The molecule has 0 aliphatic heterocycles. The highest BCUT2D eigenvalue weighted by Crippen LogP contribution is 2.27. The number of nitrogens with one attached hydrogen (secondary N) is 1. The van der Waals surface area contributed by atoms with E-state index >= 15 is 0 Å². The lowest BCUT2D eigenvalue weighted by Crippen LogP contribution is -2.18. The fraction of sp³-hybridized carbons (Fsp3) is 0.312. The van der Waals surface area contributed by atoms with Crippen molar-refractivity contribution in [2.75, 3.05) is 20.3 Å². The van der Waals surface area contributed by atoms with E-state index in [0.29, 0.717) is 12.2 Å². The van der Waals surface area contributed by atoms with Crippen LogP contribution in [0.3, 0.4) is 0 Å². The van der Waals surface area contributed by atoms with Crippen molar-refractivity contribution in [1.82, 2.24) is 5.32 Å². The highest BCUT2D eigenvalue weighted by atomic mass is 32.2. The van der Waals surface area contributed by atoms with Crippen LogP contribution in [-0.4, -0.2) is 20.3 Å². The Labute approximate surface area is 129 Å². The number of hydrogen-bond donors (Lipinski definition) is 1. The number of benzene rings is 1. The van der Waals surface area contributed by atoms with Gasteiger partial charge in [-0.15, -0.1) is 11.8 Å². The molecule has 5 heteroatoms. The van der Waals surface area contributed by atoms with Crippen LogP contribution in [0, 0.1) is 11.3 Å². The first-order valence-corrected chi connectivity index (χ1v) is 7.70. The number of hydrogen-bond acceptors (Lipinski definition) is 5. The van der Waals surface area contributed by atoms with Crippen LogP contribution in [0.5, 0.6) is 0 Å². The molecular weight excluding hydrogens is 284 g/mol. The molecule has 0 aliphatic rings. The maximum Gasteiger partial charge on any atom is 0.113 e. The zero-order chi connectivity index (χ0) is 14.9. The molecule has 4 nitrogen and oxygen atoms in total. The van der Waals surface area contributed by atoms with E-state index in [1.54, 1.807) is 25.1 Å². The van der Waals surface area contributed by atoms with E-state index < -0.39 is 0 Å². The third kappa shape index (κ3) is 4.94. The number of thioether (sulfide) groups is 1. The molecule has 0 aliphatic carbocycles. The summed E-state index contributed by atoms with van der Waals surface area (Å²) in [5.74, 6) is 1.64. The van der Waals surface area contributed by atoms with Gasteiger partial charge in [0.25, 0.3) is 0 Å². The average Bonchev–Trinajstić information content (AvgIpc) is 3.03. The third-order valence-electron chi connectivity index (χ3n) is 2.93. The number of ether oxygens (including phenoxy) is 1. The summed E-state index contributed by atoms with van der Waals surface area (Å²) >= 11 is 1.61. The van der Waals surface area contributed by atoms with Crippen LogP contribution in [-0.2, 0) is 17.0 Å². The van der Waals surface area contributed by atoms with E-state index in [1.165, 1.54) is 0 Å². The Bertz CT molecular complexity index is 591. The molecule has 110 valence electrons. The molecule has 0 atom stereocenters. The summed E-state index contributed by atoms with van der Waals surface area (Å²) in [7, 11) is 1.68. The minimum Gasteiger partial charge on any atom is -0.468 e. The normalized spacial score (nSPS) is 10.5. The van der Waals surface area contributed by atoms with Gasteiger partial charge in [0.2, 0.25) is 0 Å². The number of methoxy groups -OCH3 is 1. The van der Waals surface area contributed by atoms with Crippen molar-refractivity contribution in [3.63, 3.8) is 0 Å². The SMILES string of the molecule is COCCNCc1ccc(SCc2ccco2)c(C#N)c1. The first-order valence-electron chi connectivity index (χ1n) is 6.71. The second-order valence-corrected chi connectivity index (χ2v) is 5.50. The average molecular weight is 302 g/mol.